The first kappa shape index (κ1) is 26.2. The predicted molar refractivity (Wildman–Crippen MR) is 147 cm³/mol. The quantitative estimate of drug-likeness (QED) is 0.246. The van der Waals surface area contributed by atoms with Crippen LogP contribution in [0, 0.1) is 0 Å². The molecular weight excluding hydrogens is 490 g/mol. The van der Waals surface area contributed by atoms with Gasteiger partial charge < -0.3 is 18.9 Å². The van der Waals surface area contributed by atoms with Gasteiger partial charge in [-0.1, -0.05) is 49.3 Å². The molecule has 0 aliphatic rings. The van der Waals surface area contributed by atoms with Gasteiger partial charge in [-0.25, -0.2) is 0 Å². The molecule has 0 fully saturated rings. The fourth-order valence-corrected chi connectivity index (χ4v) is 4.65. The molecule has 2 heterocycles. The predicted octanol–water partition coefficient (Wildman–Crippen LogP) is 4.85. The molecule has 0 radical (unpaired) electrons. The number of fused-ring (bicyclic) bond motifs is 1. The maximum atomic E-state index is 13.0. The number of hydrogen-bond donors (Lipinski definition) is 0. The summed E-state index contributed by atoms with van der Waals surface area (Å²) in [7, 11) is 3.19. The minimum absolute atomic E-state index is 0.212. The van der Waals surface area contributed by atoms with E-state index in [9.17, 15) is 4.79 Å². The highest BCUT2D eigenvalue weighted by Crippen LogP contribution is 2.29. The molecular formula is C28H31N3O5S. The van der Waals surface area contributed by atoms with Crippen LogP contribution in [0.4, 0.5) is 0 Å². The van der Waals surface area contributed by atoms with Crippen molar-refractivity contribution in [1.29, 1.82) is 0 Å². The zero-order valence-electron chi connectivity index (χ0n) is 21.5. The van der Waals surface area contributed by atoms with Crippen molar-refractivity contribution in [3.05, 3.63) is 68.2 Å². The Morgan fingerprint density at radius 3 is 2.38 bits per heavy atom. The Labute approximate surface area is 219 Å². The van der Waals surface area contributed by atoms with Crippen molar-refractivity contribution in [3.63, 3.8) is 0 Å². The van der Waals surface area contributed by atoms with Crippen LogP contribution in [0.2, 0.25) is 0 Å². The van der Waals surface area contributed by atoms with Crippen molar-refractivity contribution in [3.8, 4) is 23.0 Å². The zero-order valence-corrected chi connectivity index (χ0v) is 22.3. The third kappa shape index (κ3) is 6.29. The van der Waals surface area contributed by atoms with Crippen molar-refractivity contribution in [2.75, 3.05) is 27.4 Å². The van der Waals surface area contributed by atoms with Crippen molar-refractivity contribution in [2.45, 2.75) is 33.1 Å². The van der Waals surface area contributed by atoms with Crippen LogP contribution in [0.5, 0.6) is 23.0 Å². The van der Waals surface area contributed by atoms with E-state index < -0.39 is 0 Å². The van der Waals surface area contributed by atoms with Crippen LogP contribution in [-0.2, 0) is 0 Å². The highest BCUT2D eigenvalue weighted by molar-refractivity contribution is 7.15. The lowest BCUT2D eigenvalue weighted by atomic mass is 10.2. The van der Waals surface area contributed by atoms with E-state index in [4.69, 9.17) is 18.9 Å². The third-order valence-electron chi connectivity index (χ3n) is 5.60. The van der Waals surface area contributed by atoms with E-state index in [2.05, 4.69) is 17.0 Å². The molecule has 0 aliphatic carbocycles. The number of rotatable bonds is 12. The topological polar surface area (TPSA) is 84.2 Å². The van der Waals surface area contributed by atoms with Crippen LogP contribution in [-0.4, -0.2) is 42.0 Å². The lowest BCUT2D eigenvalue weighted by Gasteiger charge is -2.12. The first-order valence-corrected chi connectivity index (χ1v) is 13.1. The average Bonchev–Trinajstić information content (AvgIpc) is 3.44. The Balaban J connectivity index is 1.55. The maximum Gasteiger partial charge on any atom is 0.291 e. The summed E-state index contributed by atoms with van der Waals surface area (Å²) in [5, 5.41) is 4.37. The Kier molecular flexibility index (Phi) is 8.79. The molecule has 4 rings (SSSR count). The normalized spacial score (nSPS) is 11.9. The molecule has 0 spiro atoms. The maximum absolute atomic E-state index is 13.0. The summed E-state index contributed by atoms with van der Waals surface area (Å²) < 4.78 is 24.2. The standard InChI is InChI=1S/C28H31N3O5S/c1-5-7-8-15-36-22-13-10-20(17-24(22)35-6-2)18-25-27(32)31-28(37-25)29-26(30-31)14-11-19-9-12-21(33-3)23(16-19)34-4/h9-14,16-18H,5-8,15H2,1-4H3/b14-11+,25-18-. The smallest absolute Gasteiger partial charge is 0.291 e. The van der Waals surface area contributed by atoms with Gasteiger partial charge >= 0.3 is 0 Å². The van der Waals surface area contributed by atoms with Gasteiger partial charge in [0.25, 0.3) is 5.56 Å². The van der Waals surface area contributed by atoms with Gasteiger partial charge in [0.2, 0.25) is 4.96 Å². The van der Waals surface area contributed by atoms with Crippen LogP contribution < -0.4 is 29.0 Å². The molecule has 0 aliphatic heterocycles. The zero-order chi connectivity index (χ0) is 26.2. The second kappa shape index (κ2) is 12.4. The fourth-order valence-electron chi connectivity index (χ4n) is 3.73. The summed E-state index contributed by atoms with van der Waals surface area (Å²) in [5.41, 5.74) is 1.53. The number of aromatic nitrogens is 3. The van der Waals surface area contributed by atoms with Gasteiger partial charge in [0.1, 0.15) is 0 Å². The van der Waals surface area contributed by atoms with E-state index in [-0.39, 0.29) is 5.56 Å². The molecule has 9 heteroatoms. The molecule has 0 unspecified atom stereocenters. The number of ether oxygens (including phenoxy) is 4. The second-order valence-electron chi connectivity index (χ2n) is 8.22. The molecule has 2 aromatic heterocycles. The molecule has 0 bridgehead atoms. The monoisotopic (exact) mass is 521 g/mol. The number of hydrogen-bond acceptors (Lipinski definition) is 8. The molecule has 0 N–H and O–H groups in total. The molecule has 0 atom stereocenters. The summed E-state index contributed by atoms with van der Waals surface area (Å²) in [6, 6.07) is 11.3. The Morgan fingerprint density at radius 2 is 1.65 bits per heavy atom. The Bertz CT molecular complexity index is 1490. The van der Waals surface area contributed by atoms with Crippen molar-refractivity contribution in [2.24, 2.45) is 0 Å². The summed E-state index contributed by atoms with van der Waals surface area (Å²) in [4.78, 5) is 18.0. The molecule has 2 aromatic carbocycles. The average molecular weight is 522 g/mol. The summed E-state index contributed by atoms with van der Waals surface area (Å²) in [6.45, 7) is 5.27. The van der Waals surface area contributed by atoms with E-state index in [1.807, 2.05) is 55.5 Å². The number of nitrogens with zero attached hydrogens (tertiary/aromatic N) is 3. The highest BCUT2D eigenvalue weighted by atomic mass is 32.1. The van der Waals surface area contributed by atoms with Gasteiger partial charge in [-0.2, -0.15) is 9.50 Å². The number of benzene rings is 2. The minimum atomic E-state index is -0.212. The van der Waals surface area contributed by atoms with Crippen LogP contribution in [0.3, 0.4) is 0 Å². The van der Waals surface area contributed by atoms with E-state index in [1.54, 1.807) is 20.3 Å². The van der Waals surface area contributed by atoms with Gasteiger partial charge in [-0.05, 0) is 60.9 Å². The largest absolute Gasteiger partial charge is 0.493 e. The number of unbranched alkanes of at least 4 members (excludes halogenated alkanes) is 2. The first-order chi connectivity index (χ1) is 18.1. The molecule has 4 aromatic rings. The first-order valence-electron chi connectivity index (χ1n) is 12.3. The minimum Gasteiger partial charge on any atom is -0.493 e. The van der Waals surface area contributed by atoms with E-state index in [1.165, 1.54) is 15.9 Å². The lowest BCUT2D eigenvalue weighted by molar-refractivity contribution is 0.271. The lowest BCUT2D eigenvalue weighted by Crippen LogP contribution is -2.23. The van der Waals surface area contributed by atoms with Gasteiger partial charge in [-0.3, -0.25) is 4.79 Å². The van der Waals surface area contributed by atoms with Crippen LogP contribution in [0.1, 0.15) is 50.1 Å². The van der Waals surface area contributed by atoms with Gasteiger partial charge in [-0.15, -0.1) is 5.10 Å². The number of methoxy groups -OCH3 is 2. The van der Waals surface area contributed by atoms with Gasteiger partial charge in [0.15, 0.2) is 28.8 Å². The third-order valence-corrected chi connectivity index (χ3v) is 6.56. The fraction of sp³-hybridized carbons (Fsp3) is 0.321. The van der Waals surface area contributed by atoms with Gasteiger partial charge in [0.05, 0.1) is 32.0 Å². The summed E-state index contributed by atoms with van der Waals surface area (Å²) >= 11 is 1.29. The van der Waals surface area contributed by atoms with E-state index in [0.29, 0.717) is 51.5 Å². The molecule has 0 saturated heterocycles. The second-order valence-corrected chi connectivity index (χ2v) is 9.23. The number of thiazole rings is 1. The molecule has 37 heavy (non-hydrogen) atoms. The Morgan fingerprint density at radius 1 is 0.892 bits per heavy atom. The molecule has 194 valence electrons. The van der Waals surface area contributed by atoms with E-state index >= 15 is 0 Å². The van der Waals surface area contributed by atoms with Gasteiger partial charge in [0, 0.05) is 0 Å². The summed E-state index contributed by atoms with van der Waals surface area (Å²) in [5.74, 6) is 3.12. The molecule has 0 saturated carbocycles. The summed E-state index contributed by atoms with van der Waals surface area (Å²) in [6.07, 6.45) is 8.72. The van der Waals surface area contributed by atoms with Crippen LogP contribution in [0.15, 0.2) is 41.2 Å². The SMILES string of the molecule is CCCCCOc1ccc(/C=c2\sc3nc(/C=C/c4ccc(OC)c(OC)c4)nn3c2=O)cc1OCC. The van der Waals surface area contributed by atoms with Crippen LogP contribution in [0.25, 0.3) is 23.2 Å². The van der Waals surface area contributed by atoms with Crippen molar-refractivity contribution in [1.82, 2.24) is 14.6 Å². The van der Waals surface area contributed by atoms with Crippen LogP contribution >= 0.6 is 11.3 Å². The Hall–Kier alpha value is -3.85. The molecule has 8 nitrogen and oxygen atoms in total. The highest BCUT2D eigenvalue weighted by Gasteiger charge is 2.11. The molecule has 0 amide bonds. The van der Waals surface area contributed by atoms with E-state index in [0.717, 1.165) is 30.4 Å². The van der Waals surface area contributed by atoms with Crippen molar-refractivity contribution < 1.29 is 18.9 Å². The van der Waals surface area contributed by atoms with Crippen molar-refractivity contribution >= 4 is 34.5 Å².